The van der Waals surface area contributed by atoms with Crippen molar-refractivity contribution >= 4 is 21.9 Å². The standard InChI is InChI=1S/C21H25N3O6S/c25-20(23-18-7-3-5-15-4-1-2-6-17(15)18)14-30-21(26)19-12-16(13-22-19)31(27,28)24-8-10-29-11-9-24/h1-2,4,6,12-13,18,22H,3,5,7-11,14H2,(H,23,25). The predicted octanol–water partition coefficient (Wildman–Crippen LogP) is 1.39. The van der Waals surface area contributed by atoms with Crippen LogP contribution in [0.1, 0.15) is 40.5 Å². The van der Waals surface area contributed by atoms with Gasteiger partial charge in [-0.05, 0) is 36.5 Å². The quantitative estimate of drug-likeness (QED) is 0.646. The minimum atomic E-state index is -3.72. The average Bonchev–Trinajstić information content (AvgIpc) is 3.30. The van der Waals surface area contributed by atoms with Gasteiger partial charge in [-0.15, -0.1) is 0 Å². The number of hydrogen-bond acceptors (Lipinski definition) is 6. The number of aryl methyl sites for hydroxylation is 1. The molecule has 1 aliphatic carbocycles. The van der Waals surface area contributed by atoms with E-state index in [1.165, 1.54) is 22.1 Å². The Labute approximate surface area is 180 Å². The molecule has 1 aliphatic heterocycles. The third-order valence-electron chi connectivity index (χ3n) is 5.52. The third-order valence-corrected chi connectivity index (χ3v) is 7.40. The number of amides is 1. The molecule has 2 heterocycles. The summed E-state index contributed by atoms with van der Waals surface area (Å²) in [6.45, 7) is 0.746. The van der Waals surface area contributed by atoms with Crippen molar-refractivity contribution in [2.75, 3.05) is 32.9 Å². The molecule has 2 N–H and O–H groups in total. The monoisotopic (exact) mass is 447 g/mol. The van der Waals surface area contributed by atoms with Gasteiger partial charge in [0.05, 0.1) is 19.3 Å². The molecule has 1 unspecified atom stereocenters. The van der Waals surface area contributed by atoms with Crippen molar-refractivity contribution in [3.8, 4) is 0 Å². The number of ether oxygens (including phenoxy) is 2. The molecule has 0 radical (unpaired) electrons. The summed E-state index contributed by atoms with van der Waals surface area (Å²) in [6.07, 6.45) is 4.04. The number of esters is 1. The van der Waals surface area contributed by atoms with E-state index >= 15 is 0 Å². The number of benzene rings is 1. The van der Waals surface area contributed by atoms with Crippen molar-refractivity contribution in [1.82, 2.24) is 14.6 Å². The van der Waals surface area contributed by atoms with Crippen LogP contribution in [0.5, 0.6) is 0 Å². The first-order chi connectivity index (χ1) is 14.9. The Morgan fingerprint density at radius 3 is 2.81 bits per heavy atom. The molecule has 1 atom stereocenters. The molecule has 0 bridgehead atoms. The normalized spacial score (nSPS) is 19.4. The van der Waals surface area contributed by atoms with Crippen molar-refractivity contribution in [1.29, 1.82) is 0 Å². The molecule has 0 saturated carbocycles. The van der Waals surface area contributed by atoms with Gasteiger partial charge >= 0.3 is 5.97 Å². The summed E-state index contributed by atoms with van der Waals surface area (Å²) in [4.78, 5) is 27.2. The zero-order valence-corrected chi connectivity index (χ0v) is 17.8. The van der Waals surface area contributed by atoms with Crippen LogP contribution in [0.15, 0.2) is 41.4 Å². The highest BCUT2D eigenvalue weighted by atomic mass is 32.2. The molecule has 2 aliphatic rings. The Morgan fingerprint density at radius 2 is 2.00 bits per heavy atom. The molecule has 1 aromatic carbocycles. The lowest BCUT2D eigenvalue weighted by Crippen LogP contribution is -2.40. The Bertz CT molecular complexity index is 1060. The average molecular weight is 448 g/mol. The van der Waals surface area contributed by atoms with Gasteiger partial charge in [0.25, 0.3) is 5.91 Å². The third kappa shape index (κ3) is 4.81. The van der Waals surface area contributed by atoms with E-state index in [1.807, 2.05) is 18.2 Å². The molecule has 0 spiro atoms. The van der Waals surface area contributed by atoms with Gasteiger partial charge in [0.2, 0.25) is 10.0 Å². The van der Waals surface area contributed by atoms with Crippen LogP contribution >= 0.6 is 0 Å². The number of carbonyl (C=O) groups is 2. The molecule has 10 heteroatoms. The van der Waals surface area contributed by atoms with E-state index < -0.39 is 28.5 Å². The molecule has 4 rings (SSSR count). The summed E-state index contributed by atoms with van der Waals surface area (Å²) in [6, 6.07) is 9.10. The van der Waals surface area contributed by atoms with E-state index in [-0.39, 0.29) is 29.7 Å². The number of nitrogens with one attached hydrogen (secondary N) is 2. The number of fused-ring (bicyclic) bond motifs is 1. The summed E-state index contributed by atoms with van der Waals surface area (Å²) in [5.41, 5.74) is 2.29. The maximum Gasteiger partial charge on any atom is 0.355 e. The molecule has 1 saturated heterocycles. The van der Waals surface area contributed by atoms with E-state index in [9.17, 15) is 18.0 Å². The molecule has 1 aromatic heterocycles. The molecule has 1 fully saturated rings. The van der Waals surface area contributed by atoms with Crippen LogP contribution in [0.2, 0.25) is 0 Å². The lowest BCUT2D eigenvalue weighted by atomic mass is 9.88. The largest absolute Gasteiger partial charge is 0.451 e. The Hall–Kier alpha value is -2.69. The SMILES string of the molecule is O=C(COC(=O)c1cc(S(=O)(=O)N2CCOCC2)c[nH]1)NC1CCCc2ccccc21. The van der Waals surface area contributed by atoms with E-state index in [4.69, 9.17) is 9.47 Å². The van der Waals surface area contributed by atoms with Crippen molar-refractivity contribution in [3.63, 3.8) is 0 Å². The summed E-state index contributed by atoms with van der Waals surface area (Å²) >= 11 is 0. The number of hydrogen-bond donors (Lipinski definition) is 2. The number of carbonyl (C=O) groups excluding carboxylic acids is 2. The molecular formula is C21H25N3O6S. The molecule has 9 nitrogen and oxygen atoms in total. The number of morpholine rings is 1. The summed E-state index contributed by atoms with van der Waals surface area (Å²) in [5.74, 6) is -1.19. The second-order valence-corrected chi connectivity index (χ2v) is 9.49. The van der Waals surface area contributed by atoms with Crippen LogP contribution in [0, 0.1) is 0 Å². The fourth-order valence-corrected chi connectivity index (χ4v) is 5.33. The first-order valence-corrected chi connectivity index (χ1v) is 11.7. The fourth-order valence-electron chi connectivity index (χ4n) is 3.93. The van der Waals surface area contributed by atoms with Gasteiger partial charge in [-0.1, -0.05) is 24.3 Å². The van der Waals surface area contributed by atoms with Gasteiger partial charge < -0.3 is 19.8 Å². The maximum absolute atomic E-state index is 12.6. The van der Waals surface area contributed by atoms with E-state index in [0.717, 1.165) is 24.8 Å². The lowest BCUT2D eigenvalue weighted by Gasteiger charge is -2.26. The smallest absolute Gasteiger partial charge is 0.355 e. The van der Waals surface area contributed by atoms with Crippen LogP contribution in [-0.2, 0) is 30.7 Å². The topological polar surface area (TPSA) is 118 Å². The van der Waals surface area contributed by atoms with Crippen LogP contribution < -0.4 is 5.32 Å². The van der Waals surface area contributed by atoms with Gasteiger partial charge in [-0.2, -0.15) is 4.31 Å². The van der Waals surface area contributed by atoms with Crippen molar-refractivity contribution in [2.45, 2.75) is 30.2 Å². The molecule has 166 valence electrons. The Kier molecular flexibility index (Phi) is 6.40. The minimum absolute atomic E-state index is 0.0235. The highest BCUT2D eigenvalue weighted by Crippen LogP contribution is 2.29. The first kappa shape index (κ1) is 21.5. The predicted molar refractivity (Wildman–Crippen MR) is 111 cm³/mol. The van der Waals surface area contributed by atoms with Crippen molar-refractivity contribution in [2.24, 2.45) is 0 Å². The maximum atomic E-state index is 12.6. The number of nitrogens with zero attached hydrogens (tertiary/aromatic N) is 1. The number of sulfonamides is 1. The van der Waals surface area contributed by atoms with Gasteiger partial charge in [0.15, 0.2) is 6.61 Å². The highest BCUT2D eigenvalue weighted by Gasteiger charge is 2.28. The van der Waals surface area contributed by atoms with Gasteiger partial charge in [0, 0.05) is 19.3 Å². The summed E-state index contributed by atoms with van der Waals surface area (Å²) < 4.78 is 36.9. The van der Waals surface area contributed by atoms with Crippen molar-refractivity contribution < 1.29 is 27.5 Å². The summed E-state index contributed by atoms with van der Waals surface area (Å²) in [5, 5.41) is 2.91. The lowest BCUT2D eigenvalue weighted by molar-refractivity contribution is -0.125. The van der Waals surface area contributed by atoms with Crippen LogP contribution in [-0.4, -0.2) is 62.5 Å². The van der Waals surface area contributed by atoms with Gasteiger partial charge in [0.1, 0.15) is 10.6 Å². The number of rotatable bonds is 6. The second kappa shape index (κ2) is 9.21. The van der Waals surface area contributed by atoms with Gasteiger partial charge in [-0.25, -0.2) is 13.2 Å². The van der Waals surface area contributed by atoms with E-state index in [1.54, 1.807) is 0 Å². The van der Waals surface area contributed by atoms with Crippen LogP contribution in [0.3, 0.4) is 0 Å². The van der Waals surface area contributed by atoms with E-state index in [2.05, 4.69) is 16.4 Å². The highest BCUT2D eigenvalue weighted by molar-refractivity contribution is 7.89. The van der Waals surface area contributed by atoms with Gasteiger partial charge in [-0.3, -0.25) is 4.79 Å². The second-order valence-electron chi connectivity index (χ2n) is 7.55. The molecule has 2 aromatic rings. The number of aromatic nitrogens is 1. The van der Waals surface area contributed by atoms with Crippen LogP contribution in [0.4, 0.5) is 0 Å². The zero-order valence-electron chi connectivity index (χ0n) is 17.0. The minimum Gasteiger partial charge on any atom is -0.451 e. The Balaban J connectivity index is 1.33. The molecule has 1 amide bonds. The zero-order chi connectivity index (χ0) is 21.8. The fraction of sp³-hybridized carbons (Fsp3) is 0.429. The molecular weight excluding hydrogens is 422 g/mol. The van der Waals surface area contributed by atoms with Crippen molar-refractivity contribution in [3.05, 3.63) is 53.3 Å². The number of H-pyrrole nitrogens is 1. The number of aromatic amines is 1. The Morgan fingerprint density at radius 1 is 1.23 bits per heavy atom. The van der Waals surface area contributed by atoms with Crippen LogP contribution in [0.25, 0.3) is 0 Å². The van der Waals surface area contributed by atoms with E-state index in [0.29, 0.717) is 13.2 Å². The first-order valence-electron chi connectivity index (χ1n) is 10.3. The molecule has 31 heavy (non-hydrogen) atoms. The summed E-state index contributed by atoms with van der Waals surface area (Å²) in [7, 11) is -3.72.